The van der Waals surface area contributed by atoms with Gasteiger partial charge in [-0.1, -0.05) is 0 Å². The smallest absolute Gasteiger partial charge is 0.331 e. The fraction of sp³-hybridized carbons (Fsp3) is 0.600. The summed E-state index contributed by atoms with van der Waals surface area (Å²) in [6.07, 6.45) is -0.135. The molecule has 7 nitrogen and oxygen atoms in total. The van der Waals surface area contributed by atoms with Crippen LogP contribution in [0.3, 0.4) is 0 Å². The van der Waals surface area contributed by atoms with E-state index in [0.717, 1.165) is 4.90 Å². The molecule has 0 aromatic rings. The molecule has 3 N–H and O–H groups in total. The number of rotatable bonds is 3. The van der Waals surface area contributed by atoms with E-state index in [9.17, 15) is 19.2 Å². The van der Waals surface area contributed by atoms with E-state index in [1.807, 2.05) is 0 Å². The average Bonchev–Trinajstić information content (AvgIpc) is 2.14. The van der Waals surface area contributed by atoms with Crippen molar-refractivity contribution < 1.29 is 19.2 Å². The second-order valence-corrected chi connectivity index (χ2v) is 4.58. The number of urea groups is 1. The topological polar surface area (TPSA) is 110 Å². The molecule has 1 heterocycles. The summed E-state index contributed by atoms with van der Waals surface area (Å²) in [6, 6.07) is -1.49. The molecule has 0 aromatic heterocycles. The average molecular weight is 241 g/mol. The molecule has 94 valence electrons. The van der Waals surface area contributed by atoms with Crippen LogP contribution >= 0.6 is 0 Å². The van der Waals surface area contributed by atoms with Crippen molar-refractivity contribution in [1.29, 1.82) is 0 Å². The van der Waals surface area contributed by atoms with E-state index >= 15 is 0 Å². The highest BCUT2D eigenvalue weighted by atomic mass is 16.2. The molecule has 1 unspecified atom stereocenters. The summed E-state index contributed by atoms with van der Waals surface area (Å²) >= 11 is 0. The van der Waals surface area contributed by atoms with Gasteiger partial charge in [0.25, 0.3) is 0 Å². The van der Waals surface area contributed by atoms with Gasteiger partial charge in [0, 0.05) is 12.5 Å². The first-order valence-electron chi connectivity index (χ1n) is 5.15. The highest BCUT2D eigenvalue weighted by molar-refractivity contribution is 6.18. The SMILES string of the molecule is CC(CC(N)=O)N1C(=O)NC(=O)C(C)(C)C1=O. The van der Waals surface area contributed by atoms with Gasteiger partial charge in [-0.2, -0.15) is 0 Å². The number of barbiturate groups is 1. The maximum absolute atomic E-state index is 12.0. The van der Waals surface area contributed by atoms with Crippen LogP contribution in [0.1, 0.15) is 27.2 Å². The Morgan fingerprint density at radius 3 is 2.41 bits per heavy atom. The van der Waals surface area contributed by atoms with E-state index in [-0.39, 0.29) is 6.42 Å². The number of nitrogens with two attached hydrogens (primary N) is 1. The molecule has 1 atom stereocenters. The van der Waals surface area contributed by atoms with E-state index in [2.05, 4.69) is 5.32 Å². The summed E-state index contributed by atoms with van der Waals surface area (Å²) in [5, 5.41) is 2.08. The van der Waals surface area contributed by atoms with E-state index < -0.39 is 35.2 Å². The summed E-state index contributed by atoms with van der Waals surface area (Å²) in [7, 11) is 0. The zero-order valence-electron chi connectivity index (χ0n) is 9.94. The lowest BCUT2D eigenvalue weighted by atomic mass is 9.88. The van der Waals surface area contributed by atoms with Crippen LogP contribution in [-0.2, 0) is 14.4 Å². The fourth-order valence-corrected chi connectivity index (χ4v) is 1.59. The molecule has 0 aromatic carbocycles. The molecular formula is C10H15N3O4. The van der Waals surface area contributed by atoms with Crippen LogP contribution in [0, 0.1) is 5.41 Å². The molecule has 0 saturated carbocycles. The largest absolute Gasteiger partial charge is 0.370 e. The van der Waals surface area contributed by atoms with Gasteiger partial charge in [0.2, 0.25) is 17.7 Å². The summed E-state index contributed by atoms with van der Waals surface area (Å²) in [6.45, 7) is 4.36. The van der Waals surface area contributed by atoms with Crippen LogP contribution in [-0.4, -0.2) is 34.7 Å². The Kier molecular flexibility index (Phi) is 3.21. The van der Waals surface area contributed by atoms with Gasteiger partial charge in [-0.15, -0.1) is 0 Å². The van der Waals surface area contributed by atoms with Crippen molar-refractivity contribution in [2.24, 2.45) is 11.1 Å². The van der Waals surface area contributed by atoms with E-state index in [1.165, 1.54) is 20.8 Å². The van der Waals surface area contributed by atoms with Gasteiger partial charge in [0.05, 0.1) is 0 Å². The molecule has 1 saturated heterocycles. The summed E-state index contributed by atoms with van der Waals surface area (Å²) in [5.74, 6) is -1.89. The van der Waals surface area contributed by atoms with Crippen molar-refractivity contribution in [3.63, 3.8) is 0 Å². The quantitative estimate of drug-likeness (QED) is 0.640. The first kappa shape index (κ1) is 13.1. The third-order valence-corrected chi connectivity index (χ3v) is 2.70. The number of amides is 5. The highest BCUT2D eigenvalue weighted by Gasteiger charge is 2.48. The van der Waals surface area contributed by atoms with Crippen LogP contribution in [0.4, 0.5) is 4.79 Å². The maximum Gasteiger partial charge on any atom is 0.331 e. The van der Waals surface area contributed by atoms with Gasteiger partial charge >= 0.3 is 6.03 Å². The van der Waals surface area contributed by atoms with Gasteiger partial charge in [-0.05, 0) is 20.8 Å². The molecule has 0 aliphatic carbocycles. The van der Waals surface area contributed by atoms with Crippen molar-refractivity contribution in [3.05, 3.63) is 0 Å². The number of carbonyl (C=O) groups is 4. The number of hydrogen-bond acceptors (Lipinski definition) is 4. The predicted molar refractivity (Wildman–Crippen MR) is 57.4 cm³/mol. The molecule has 0 bridgehead atoms. The molecule has 1 aliphatic rings. The Labute approximate surface area is 98.3 Å². The summed E-state index contributed by atoms with van der Waals surface area (Å²) < 4.78 is 0. The third kappa shape index (κ3) is 2.27. The summed E-state index contributed by atoms with van der Waals surface area (Å²) in [5.41, 5.74) is 3.69. The Morgan fingerprint density at radius 1 is 1.41 bits per heavy atom. The minimum Gasteiger partial charge on any atom is -0.370 e. The molecule has 5 amide bonds. The number of imide groups is 2. The third-order valence-electron chi connectivity index (χ3n) is 2.70. The zero-order chi connectivity index (χ0) is 13.4. The second kappa shape index (κ2) is 4.15. The van der Waals surface area contributed by atoms with Crippen molar-refractivity contribution in [2.45, 2.75) is 33.2 Å². The minimum atomic E-state index is -1.32. The van der Waals surface area contributed by atoms with Gasteiger partial charge in [-0.3, -0.25) is 24.6 Å². The monoisotopic (exact) mass is 241 g/mol. The van der Waals surface area contributed by atoms with Crippen molar-refractivity contribution >= 4 is 23.8 Å². The number of primary amides is 1. The Hall–Kier alpha value is -1.92. The Morgan fingerprint density at radius 2 is 1.94 bits per heavy atom. The lowest BCUT2D eigenvalue weighted by Gasteiger charge is -2.37. The fourth-order valence-electron chi connectivity index (χ4n) is 1.59. The molecule has 17 heavy (non-hydrogen) atoms. The normalized spacial score (nSPS) is 21.1. The van der Waals surface area contributed by atoms with Crippen LogP contribution in [0.25, 0.3) is 0 Å². The number of hydrogen-bond donors (Lipinski definition) is 2. The van der Waals surface area contributed by atoms with Crippen molar-refractivity contribution in [2.75, 3.05) is 0 Å². The van der Waals surface area contributed by atoms with Gasteiger partial charge in [-0.25, -0.2) is 4.79 Å². The molecule has 1 aliphatic heterocycles. The van der Waals surface area contributed by atoms with Crippen molar-refractivity contribution in [1.82, 2.24) is 10.2 Å². The Balaban J connectivity index is 2.99. The second-order valence-electron chi connectivity index (χ2n) is 4.58. The minimum absolute atomic E-state index is 0.135. The first-order chi connectivity index (χ1) is 7.67. The molecule has 1 rings (SSSR count). The summed E-state index contributed by atoms with van der Waals surface area (Å²) in [4.78, 5) is 46.6. The zero-order valence-corrected chi connectivity index (χ0v) is 9.94. The van der Waals surface area contributed by atoms with Gasteiger partial charge in [0.1, 0.15) is 5.41 Å². The van der Waals surface area contributed by atoms with Gasteiger partial charge in [0.15, 0.2) is 0 Å². The maximum atomic E-state index is 12.0. The molecule has 0 spiro atoms. The van der Waals surface area contributed by atoms with Crippen LogP contribution in [0.5, 0.6) is 0 Å². The standard InChI is InChI=1S/C10H15N3O4/c1-5(4-6(11)14)13-8(16)10(2,3)7(15)12-9(13)17/h5H,4H2,1-3H3,(H2,11,14)(H,12,15,17). The van der Waals surface area contributed by atoms with E-state index in [0.29, 0.717) is 0 Å². The van der Waals surface area contributed by atoms with Crippen LogP contribution < -0.4 is 11.1 Å². The van der Waals surface area contributed by atoms with Crippen molar-refractivity contribution in [3.8, 4) is 0 Å². The van der Waals surface area contributed by atoms with Gasteiger partial charge < -0.3 is 5.73 Å². The predicted octanol–water partition coefficient (Wildman–Crippen LogP) is -0.645. The lowest BCUT2D eigenvalue weighted by molar-refractivity contribution is -0.150. The Bertz CT molecular complexity index is 402. The number of carbonyl (C=O) groups excluding carboxylic acids is 4. The molecule has 1 fully saturated rings. The lowest BCUT2D eigenvalue weighted by Crippen LogP contribution is -2.64. The number of nitrogens with one attached hydrogen (secondary N) is 1. The highest BCUT2D eigenvalue weighted by Crippen LogP contribution is 2.25. The van der Waals surface area contributed by atoms with E-state index in [1.54, 1.807) is 0 Å². The van der Waals surface area contributed by atoms with E-state index in [4.69, 9.17) is 5.73 Å². The molecular weight excluding hydrogens is 226 g/mol. The molecule has 7 heteroatoms. The van der Waals surface area contributed by atoms with Crippen LogP contribution in [0.2, 0.25) is 0 Å². The number of nitrogens with zero attached hydrogens (tertiary/aromatic N) is 1. The van der Waals surface area contributed by atoms with Crippen LogP contribution in [0.15, 0.2) is 0 Å². The molecule has 0 radical (unpaired) electrons. The first-order valence-corrected chi connectivity index (χ1v) is 5.15.